The number of pyridine rings is 1. The van der Waals surface area contributed by atoms with E-state index in [0.717, 1.165) is 27.4 Å². The summed E-state index contributed by atoms with van der Waals surface area (Å²) >= 11 is 1.53. The molecule has 1 aliphatic heterocycles. The molecule has 1 unspecified atom stereocenters. The van der Waals surface area contributed by atoms with Crippen LogP contribution in [0, 0.1) is 13.8 Å². The molecular formula is C20H24ClN5O2S. The molecule has 7 nitrogen and oxygen atoms in total. The molecule has 2 N–H and O–H groups in total. The smallest absolute Gasteiger partial charge is 0.259 e. The zero-order chi connectivity index (χ0) is 19.7. The Morgan fingerprint density at radius 1 is 1.38 bits per heavy atom. The number of aryl methyl sites for hydroxylation is 3. The van der Waals surface area contributed by atoms with Crippen LogP contribution in [0.4, 0.5) is 0 Å². The van der Waals surface area contributed by atoms with Gasteiger partial charge in [0.1, 0.15) is 10.7 Å². The largest absolute Gasteiger partial charge is 0.333 e. The van der Waals surface area contributed by atoms with E-state index in [9.17, 15) is 9.59 Å². The summed E-state index contributed by atoms with van der Waals surface area (Å²) in [5, 5.41) is 4.01. The third-order valence-corrected chi connectivity index (χ3v) is 6.40. The molecule has 1 atom stereocenters. The normalized spacial score (nSPS) is 16.6. The van der Waals surface area contributed by atoms with E-state index in [0.29, 0.717) is 37.1 Å². The Kier molecular flexibility index (Phi) is 6.66. The fourth-order valence-electron chi connectivity index (χ4n) is 3.66. The number of aromatic amines is 1. The molecule has 4 rings (SSSR count). The van der Waals surface area contributed by atoms with E-state index < -0.39 is 0 Å². The fourth-order valence-corrected chi connectivity index (χ4v) is 4.71. The molecule has 1 amide bonds. The number of hydrogen-bond donors (Lipinski definition) is 2. The third-order valence-electron chi connectivity index (χ3n) is 5.30. The van der Waals surface area contributed by atoms with Gasteiger partial charge in [0.05, 0.1) is 11.4 Å². The zero-order valence-corrected chi connectivity index (χ0v) is 18.0. The first-order chi connectivity index (χ1) is 13.5. The average molecular weight is 434 g/mol. The van der Waals surface area contributed by atoms with E-state index in [4.69, 9.17) is 0 Å². The van der Waals surface area contributed by atoms with Gasteiger partial charge in [-0.1, -0.05) is 6.07 Å². The van der Waals surface area contributed by atoms with Crippen molar-refractivity contribution in [2.45, 2.75) is 32.7 Å². The molecule has 3 aromatic rings. The predicted octanol–water partition coefficient (Wildman–Crippen LogP) is 2.52. The molecule has 9 heteroatoms. The third kappa shape index (κ3) is 4.34. The summed E-state index contributed by atoms with van der Waals surface area (Å²) in [5.41, 5.74) is 1.89. The number of H-pyrrole nitrogens is 1. The number of aromatic nitrogens is 3. The van der Waals surface area contributed by atoms with Crippen LogP contribution in [0.25, 0.3) is 10.2 Å². The first kappa shape index (κ1) is 21.4. The minimum atomic E-state index is -0.121. The molecule has 1 fully saturated rings. The van der Waals surface area contributed by atoms with Gasteiger partial charge >= 0.3 is 0 Å². The molecule has 4 heterocycles. The van der Waals surface area contributed by atoms with Crippen molar-refractivity contribution in [1.82, 2.24) is 25.2 Å². The summed E-state index contributed by atoms with van der Waals surface area (Å²) in [6.07, 6.45) is 4.28. The molecule has 0 saturated carbocycles. The molecule has 154 valence electrons. The zero-order valence-electron chi connectivity index (χ0n) is 16.4. The van der Waals surface area contributed by atoms with Crippen LogP contribution < -0.4 is 10.9 Å². The number of carbonyl (C=O) groups excluding carboxylic acids is 1. The summed E-state index contributed by atoms with van der Waals surface area (Å²) in [6.45, 7) is 6.08. The molecule has 29 heavy (non-hydrogen) atoms. The van der Waals surface area contributed by atoms with Gasteiger partial charge in [-0.3, -0.25) is 14.6 Å². The van der Waals surface area contributed by atoms with Crippen LogP contribution in [0.5, 0.6) is 0 Å². The van der Waals surface area contributed by atoms with Gasteiger partial charge in [0.2, 0.25) is 5.91 Å². The Morgan fingerprint density at radius 2 is 2.21 bits per heavy atom. The summed E-state index contributed by atoms with van der Waals surface area (Å²) in [7, 11) is 0. The topological polar surface area (TPSA) is 91.0 Å². The number of nitrogens with one attached hydrogen (secondary N) is 2. The Bertz CT molecular complexity index is 1070. The lowest BCUT2D eigenvalue weighted by molar-refractivity contribution is -0.134. The number of amides is 1. The maximum atomic E-state index is 12.9. The van der Waals surface area contributed by atoms with Gasteiger partial charge in [0.25, 0.3) is 5.56 Å². The maximum absolute atomic E-state index is 12.9. The number of thiophene rings is 1. The summed E-state index contributed by atoms with van der Waals surface area (Å²) in [4.78, 5) is 40.7. The minimum absolute atomic E-state index is 0. The van der Waals surface area contributed by atoms with Crippen molar-refractivity contribution < 1.29 is 4.79 Å². The summed E-state index contributed by atoms with van der Waals surface area (Å²) in [5.74, 6) is 0.636. The number of rotatable bonds is 4. The highest BCUT2D eigenvalue weighted by atomic mass is 35.5. The highest BCUT2D eigenvalue weighted by molar-refractivity contribution is 7.18. The molecular weight excluding hydrogens is 410 g/mol. The van der Waals surface area contributed by atoms with Crippen LogP contribution in [0.1, 0.15) is 34.3 Å². The second kappa shape index (κ2) is 9.02. The van der Waals surface area contributed by atoms with Gasteiger partial charge in [0.15, 0.2) is 0 Å². The van der Waals surface area contributed by atoms with Crippen LogP contribution >= 0.6 is 23.7 Å². The Labute approximate surface area is 179 Å². The first-order valence-corrected chi connectivity index (χ1v) is 10.2. The van der Waals surface area contributed by atoms with Crippen molar-refractivity contribution in [1.29, 1.82) is 0 Å². The number of fused-ring (bicyclic) bond motifs is 1. The number of hydrogen-bond acceptors (Lipinski definition) is 6. The van der Waals surface area contributed by atoms with E-state index in [2.05, 4.69) is 20.3 Å². The van der Waals surface area contributed by atoms with Crippen LogP contribution in [0.15, 0.2) is 29.3 Å². The molecule has 1 aliphatic rings. The van der Waals surface area contributed by atoms with Crippen LogP contribution in [-0.4, -0.2) is 45.4 Å². The number of halogens is 1. The molecule has 0 bridgehead atoms. The first-order valence-electron chi connectivity index (χ1n) is 9.43. The lowest BCUT2D eigenvalue weighted by Gasteiger charge is -2.36. The fraction of sp³-hybridized carbons (Fsp3) is 0.400. The molecule has 0 spiro atoms. The van der Waals surface area contributed by atoms with Crippen LogP contribution in [-0.2, 0) is 11.2 Å². The molecule has 1 saturated heterocycles. The van der Waals surface area contributed by atoms with Crippen molar-refractivity contribution >= 4 is 39.9 Å². The van der Waals surface area contributed by atoms with Gasteiger partial charge in [-0.25, -0.2) is 4.98 Å². The van der Waals surface area contributed by atoms with E-state index in [1.54, 1.807) is 6.20 Å². The van der Waals surface area contributed by atoms with Crippen LogP contribution in [0.3, 0.4) is 0 Å². The number of piperazine rings is 1. The average Bonchev–Trinajstić information content (AvgIpc) is 3.01. The van der Waals surface area contributed by atoms with Crippen molar-refractivity contribution in [3.05, 3.63) is 56.7 Å². The van der Waals surface area contributed by atoms with E-state index in [1.165, 1.54) is 11.3 Å². The monoisotopic (exact) mass is 433 g/mol. The minimum Gasteiger partial charge on any atom is -0.333 e. The number of carbonyl (C=O) groups is 1. The SMILES string of the molecule is Cc1sc2nc(CCC(=O)N3CCNCC3c3cccnc3)[nH]c(=O)c2c1C.Cl. The maximum Gasteiger partial charge on any atom is 0.259 e. The van der Waals surface area contributed by atoms with E-state index in [1.807, 2.05) is 37.1 Å². The number of nitrogens with zero attached hydrogens (tertiary/aromatic N) is 3. The van der Waals surface area contributed by atoms with E-state index in [-0.39, 0.29) is 29.9 Å². The van der Waals surface area contributed by atoms with Crippen molar-refractivity contribution in [3.63, 3.8) is 0 Å². The molecule has 0 aromatic carbocycles. The second-order valence-corrected chi connectivity index (χ2v) is 8.27. The molecule has 3 aromatic heterocycles. The van der Waals surface area contributed by atoms with Crippen molar-refractivity contribution in [2.24, 2.45) is 0 Å². The second-order valence-electron chi connectivity index (χ2n) is 7.07. The van der Waals surface area contributed by atoms with Gasteiger partial charge in [-0.15, -0.1) is 23.7 Å². The van der Waals surface area contributed by atoms with Crippen LogP contribution in [0.2, 0.25) is 0 Å². The Hall–Kier alpha value is -2.29. The summed E-state index contributed by atoms with van der Waals surface area (Å²) in [6, 6.07) is 3.87. The standard InChI is InChI=1S/C20H23N5O2S.ClH/c1-12-13(2)28-20-18(12)19(27)23-16(24-20)5-6-17(26)25-9-8-22-11-15(25)14-4-3-7-21-10-14;/h3-4,7,10,15,22H,5-6,8-9,11H2,1-2H3,(H,23,24,27);1H. The van der Waals surface area contributed by atoms with Gasteiger partial charge in [-0.05, 0) is 31.0 Å². The quantitative estimate of drug-likeness (QED) is 0.659. The Balaban J connectivity index is 0.00000240. The predicted molar refractivity (Wildman–Crippen MR) is 117 cm³/mol. The van der Waals surface area contributed by atoms with Gasteiger partial charge in [0, 0.05) is 49.7 Å². The lowest BCUT2D eigenvalue weighted by Crippen LogP contribution is -2.48. The Morgan fingerprint density at radius 3 is 2.97 bits per heavy atom. The molecule has 0 radical (unpaired) electrons. The highest BCUT2D eigenvalue weighted by Crippen LogP contribution is 2.26. The van der Waals surface area contributed by atoms with E-state index >= 15 is 0 Å². The lowest BCUT2D eigenvalue weighted by atomic mass is 10.0. The highest BCUT2D eigenvalue weighted by Gasteiger charge is 2.27. The van der Waals surface area contributed by atoms with Gasteiger partial charge < -0.3 is 15.2 Å². The van der Waals surface area contributed by atoms with Crippen molar-refractivity contribution in [3.8, 4) is 0 Å². The molecule has 0 aliphatic carbocycles. The van der Waals surface area contributed by atoms with Gasteiger partial charge in [-0.2, -0.15) is 0 Å². The summed E-state index contributed by atoms with van der Waals surface area (Å²) < 4.78 is 0. The van der Waals surface area contributed by atoms with Crippen molar-refractivity contribution in [2.75, 3.05) is 19.6 Å².